The highest BCUT2D eigenvalue weighted by atomic mass is 19.1. The van der Waals surface area contributed by atoms with Crippen LogP contribution in [0.2, 0.25) is 0 Å². The third-order valence-corrected chi connectivity index (χ3v) is 6.72. The number of aromatic nitrogens is 2. The van der Waals surface area contributed by atoms with Gasteiger partial charge in [-0.2, -0.15) is 0 Å². The summed E-state index contributed by atoms with van der Waals surface area (Å²) in [6.45, 7) is 4.02. The largest absolute Gasteiger partial charge is 0.469 e. The van der Waals surface area contributed by atoms with Crippen molar-refractivity contribution in [1.29, 1.82) is 0 Å². The van der Waals surface area contributed by atoms with Crippen molar-refractivity contribution in [2.45, 2.75) is 38.1 Å². The molecule has 0 atom stereocenters. The van der Waals surface area contributed by atoms with Gasteiger partial charge in [0.25, 0.3) is 0 Å². The first kappa shape index (κ1) is 21.6. The highest BCUT2D eigenvalue weighted by Gasteiger charge is 2.25. The van der Waals surface area contributed by atoms with Crippen molar-refractivity contribution >= 4 is 27.8 Å². The van der Waals surface area contributed by atoms with Gasteiger partial charge in [-0.1, -0.05) is 17.3 Å². The van der Waals surface area contributed by atoms with E-state index in [1.807, 2.05) is 6.07 Å². The van der Waals surface area contributed by atoms with Crippen molar-refractivity contribution in [3.8, 4) is 0 Å². The van der Waals surface area contributed by atoms with E-state index in [-0.39, 0.29) is 11.8 Å². The number of fused-ring (bicyclic) bond motifs is 2. The van der Waals surface area contributed by atoms with E-state index in [2.05, 4.69) is 39.0 Å². The molecule has 1 aliphatic heterocycles. The Labute approximate surface area is 191 Å². The number of rotatable bonds is 7. The molecule has 0 radical (unpaired) electrons. The van der Waals surface area contributed by atoms with Crippen LogP contribution in [0.4, 0.5) is 4.39 Å². The fraction of sp³-hybridized carbons (Fsp3) is 0.385. The Morgan fingerprint density at radius 2 is 2.00 bits per heavy atom. The van der Waals surface area contributed by atoms with E-state index in [1.165, 1.54) is 24.6 Å². The Kier molecular flexibility index (Phi) is 6.13. The molecule has 0 saturated carbocycles. The molecule has 1 saturated heterocycles. The number of hydrogen-bond donors (Lipinski definition) is 0. The number of carbonyl (C=O) groups is 1. The van der Waals surface area contributed by atoms with Crippen molar-refractivity contribution in [2.24, 2.45) is 0 Å². The van der Waals surface area contributed by atoms with Crippen LogP contribution in [-0.2, 0) is 22.5 Å². The van der Waals surface area contributed by atoms with Gasteiger partial charge in [0.05, 0.1) is 19.2 Å². The molecule has 0 unspecified atom stereocenters. The number of likely N-dealkylation sites (tertiary alicyclic amines) is 1. The molecule has 0 aliphatic carbocycles. The zero-order valence-corrected chi connectivity index (χ0v) is 18.8. The number of methoxy groups -OCH3 is 1. The maximum atomic E-state index is 13.4. The van der Waals surface area contributed by atoms with Crippen LogP contribution in [0.5, 0.6) is 0 Å². The molecule has 0 amide bonds. The van der Waals surface area contributed by atoms with Gasteiger partial charge in [-0.25, -0.2) is 4.39 Å². The third kappa shape index (κ3) is 4.64. The Balaban J connectivity index is 1.15. The van der Waals surface area contributed by atoms with Gasteiger partial charge in [0.15, 0.2) is 5.58 Å². The predicted molar refractivity (Wildman–Crippen MR) is 125 cm³/mol. The van der Waals surface area contributed by atoms with Gasteiger partial charge in [-0.15, -0.1) is 0 Å². The van der Waals surface area contributed by atoms with E-state index < -0.39 is 0 Å². The lowest BCUT2D eigenvalue weighted by Crippen LogP contribution is -2.34. The summed E-state index contributed by atoms with van der Waals surface area (Å²) in [7, 11) is 1.42. The van der Waals surface area contributed by atoms with Crippen LogP contribution in [0.1, 0.15) is 36.4 Å². The minimum absolute atomic E-state index is 0.221. The van der Waals surface area contributed by atoms with Gasteiger partial charge >= 0.3 is 5.97 Å². The molecule has 6 nitrogen and oxygen atoms in total. The van der Waals surface area contributed by atoms with Crippen molar-refractivity contribution in [3.63, 3.8) is 0 Å². The summed E-state index contributed by atoms with van der Waals surface area (Å²) in [5.74, 6) is -0.161. The molecule has 172 valence electrons. The van der Waals surface area contributed by atoms with Gasteiger partial charge in [0, 0.05) is 35.6 Å². The van der Waals surface area contributed by atoms with Crippen molar-refractivity contribution in [1.82, 2.24) is 14.6 Å². The first-order valence-corrected chi connectivity index (χ1v) is 11.5. The number of carbonyl (C=O) groups excluding carboxylic acids is 1. The fourth-order valence-electron chi connectivity index (χ4n) is 4.89. The zero-order chi connectivity index (χ0) is 22.8. The monoisotopic (exact) mass is 449 g/mol. The van der Waals surface area contributed by atoms with E-state index in [0.29, 0.717) is 17.9 Å². The molecule has 2 aromatic heterocycles. The average molecular weight is 450 g/mol. The van der Waals surface area contributed by atoms with E-state index >= 15 is 0 Å². The normalized spacial score (nSPS) is 15.5. The standard InChI is InChI=1S/C26H28FN3O3/c1-32-25(31)16-18-3-4-19-9-14-30(23(19)15-18)11-2-10-29-12-7-20(8-13-29)26-22-6-5-21(27)17-24(22)33-28-26/h3-6,9,14-15,17,20H,2,7-8,10-13,16H2,1H3. The van der Waals surface area contributed by atoms with Gasteiger partial charge in [0.1, 0.15) is 5.82 Å². The minimum atomic E-state index is -0.296. The van der Waals surface area contributed by atoms with Crippen LogP contribution in [0, 0.1) is 5.82 Å². The first-order chi connectivity index (χ1) is 16.1. The number of nitrogens with zero attached hydrogens (tertiary/aromatic N) is 3. The van der Waals surface area contributed by atoms with E-state index in [0.717, 1.165) is 67.6 Å². The molecular weight excluding hydrogens is 421 g/mol. The van der Waals surface area contributed by atoms with Crippen molar-refractivity contribution in [2.75, 3.05) is 26.7 Å². The summed E-state index contributed by atoms with van der Waals surface area (Å²) in [6, 6.07) is 12.9. The summed E-state index contributed by atoms with van der Waals surface area (Å²) >= 11 is 0. The molecular formula is C26H28FN3O3. The number of esters is 1. The highest BCUT2D eigenvalue weighted by Crippen LogP contribution is 2.32. The summed E-state index contributed by atoms with van der Waals surface area (Å²) in [4.78, 5) is 14.1. The Morgan fingerprint density at radius 1 is 1.15 bits per heavy atom. The molecule has 4 aromatic rings. The molecule has 5 rings (SSSR count). The highest BCUT2D eigenvalue weighted by molar-refractivity contribution is 5.82. The second kappa shape index (κ2) is 9.35. The molecule has 3 heterocycles. The molecule has 0 N–H and O–H groups in total. The molecule has 33 heavy (non-hydrogen) atoms. The Bertz CT molecular complexity index is 1270. The maximum absolute atomic E-state index is 13.4. The number of hydrogen-bond acceptors (Lipinski definition) is 5. The zero-order valence-electron chi connectivity index (χ0n) is 18.8. The van der Waals surface area contributed by atoms with Gasteiger partial charge in [-0.3, -0.25) is 4.79 Å². The number of halogens is 1. The third-order valence-electron chi connectivity index (χ3n) is 6.72. The lowest BCUT2D eigenvalue weighted by Gasteiger charge is -2.31. The lowest BCUT2D eigenvalue weighted by molar-refractivity contribution is -0.139. The SMILES string of the molecule is COC(=O)Cc1ccc2ccn(CCCN3CCC(c4noc5cc(F)ccc45)CC3)c2c1. The maximum Gasteiger partial charge on any atom is 0.309 e. The Morgan fingerprint density at radius 3 is 2.82 bits per heavy atom. The van der Waals surface area contributed by atoms with Crippen LogP contribution < -0.4 is 0 Å². The number of aryl methyl sites for hydroxylation is 1. The Hall–Kier alpha value is -3.19. The first-order valence-electron chi connectivity index (χ1n) is 11.5. The fourth-order valence-corrected chi connectivity index (χ4v) is 4.89. The lowest BCUT2D eigenvalue weighted by atomic mass is 9.91. The topological polar surface area (TPSA) is 60.5 Å². The van der Waals surface area contributed by atoms with Gasteiger partial charge in [0.2, 0.25) is 0 Å². The second-order valence-corrected chi connectivity index (χ2v) is 8.83. The summed E-state index contributed by atoms with van der Waals surface area (Å²) < 4.78 is 25.8. The molecule has 7 heteroatoms. The van der Waals surface area contributed by atoms with Crippen LogP contribution in [0.15, 0.2) is 53.2 Å². The van der Waals surface area contributed by atoms with E-state index in [9.17, 15) is 9.18 Å². The van der Waals surface area contributed by atoms with E-state index in [4.69, 9.17) is 9.26 Å². The smallest absolute Gasteiger partial charge is 0.309 e. The average Bonchev–Trinajstić information content (AvgIpc) is 3.43. The van der Waals surface area contributed by atoms with Crippen LogP contribution in [-0.4, -0.2) is 47.3 Å². The second-order valence-electron chi connectivity index (χ2n) is 8.83. The molecule has 0 bridgehead atoms. The predicted octanol–water partition coefficient (Wildman–Crippen LogP) is 4.91. The minimum Gasteiger partial charge on any atom is -0.469 e. The quantitative estimate of drug-likeness (QED) is 0.375. The van der Waals surface area contributed by atoms with Crippen LogP contribution in [0.25, 0.3) is 21.9 Å². The summed E-state index contributed by atoms with van der Waals surface area (Å²) in [5, 5.41) is 6.36. The van der Waals surface area contributed by atoms with Crippen LogP contribution in [0.3, 0.4) is 0 Å². The number of benzene rings is 2. The summed E-state index contributed by atoms with van der Waals surface area (Å²) in [6.07, 6.45) is 5.53. The van der Waals surface area contributed by atoms with Crippen molar-refractivity contribution in [3.05, 3.63) is 65.7 Å². The summed E-state index contributed by atoms with van der Waals surface area (Å²) in [5.41, 5.74) is 3.62. The molecule has 1 fully saturated rings. The van der Waals surface area contributed by atoms with Gasteiger partial charge in [-0.05, 0) is 74.1 Å². The molecule has 0 spiro atoms. The van der Waals surface area contributed by atoms with Gasteiger partial charge < -0.3 is 18.7 Å². The van der Waals surface area contributed by atoms with Crippen molar-refractivity contribution < 1.29 is 18.4 Å². The number of ether oxygens (including phenoxy) is 1. The van der Waals surface area contributed by atoms with Crippen LogP contribution >= 0.6 is 0 Å². The van der Waals surface area contributed by atoms with E-state index in [1.54, 1.807) is 6.07 Å². The molecule has 1 aliphatic rings. The molecule has 2 aromatic carbocycles. The number of piperidine rings is 1.